The molecule has 0 N–H and O–H groups in total. The van der Waals surface area contributed by atoms with Crippen molar-refractivity contribution in [1.82, 2.24) is 14.8 Å². The number of ether oxygens (including phenoxy) is 1. The molecule has 0 fully saturated rings. The Labute approximate surface area is 123 Å². The van der Waals surface area contributed by atoms with Gasteiger partial charge in [0, 0.05) is 11.3 Å². The van der Waals surface area contributed by atoms with Crippen molar-refractivity contribution in [2.75, 3.05) is 7.11 Å². The lowest BCUT2D eigenvalue weighted by Crippen LogP contribution is -2.04. The van der Waals surface area contributed by atoms with E-state index < -0.39 is 0 Å². The molecule has 3 rings (SSSR count). The van der Waals surface area contributed by atoms with Crippen molar-refractivity contribution in [2.24, 2.45) is 0 Å². The molecule has 5 nitrogen and oxygen atoms in total. The third-order valence-corrected chi connectivity index (χ3v) is 3.28. The molecule has 108 valence electrons. The molecular formula is C16H17N3O2. The van der Waals surface area contributed by atoms with Crippen LogP contribution >= 0.6 is 0 Å². The van der Waals surface area contributed by atoms with E-state index in [9.17, 15) is 0 Å². The number of aryl methyl sites for hydroxylation is 2. The van der Waals surface area contributed by atoms with E-state index in [4.69, 9.17) is 9.15 Å². The van der Waals surface area contributed by atoms with Gasteiger partial charge in [0.05, 0.1) is 19.3 Å². The Bertz CT molecular complexity index is 758. The van der Waals surface area contributed by atoms with Crippen LogP contribution in [0.2, 0.25) is 0 Å². The van der Waals surface area contributed by atoms with E-state index in [1.165, 1.54) is 0 Å². The van der Waals surface area contributed by atoms with E-state index in [2.05, 4.69) is 10.1 Å². The van der Waals surface area contributed by atoms with Crippen LogP contribution < -0.4 is 4.74 Å². The second-order valence-electron chi connectivity index (χ2n) is 4.96. The van der Waals surface area contributed by atoms with Gasteiger partial charge < -0.3 is 9.15 Å². The number of hydrogen-bond acceptors (Lipinski definition) is 4. The molecule has 5 heteroatoms. The van der Waals surface area contributed by atoms with Gasteiger partial charge in [0.25, 0.3) is 0 Å². The average molecular weight is 283 g/mol. The summed E-state index contributed by atoms with van der Waals surface area (Å²) in [6.45, 7) is 4.62. The number of rotatable bonds is 4. The highest BCUT2D eigenvalue weighted by atomic mass is 16.5. The Hall–Kier alpha value is -2.56. The molecule has 0 aliphatic carbocycles. The smallest absolute Gasteiger partial charge is 0.226 e. The molecule has 0 atom stereocenters. The first-order valence-corrected chi connectivity index (χ1v) is 6.75. The highest BCUT2D eigenvalue weighted by Crippen LogP contribution is 2.23. The Morgan fingerprint density at radius 2 is 2.10 bits per heavy atom. The molecule has 1 aromatic carbocycles. The molecule has 0 aliphatic heterocycles. The van der Waals surface area contributed by atoms with Crippen LogP contribution in [0.4, 0.5) is 0 Å². The molecule has 3 aromatic rings. The summed E-state index contributed by atoms with van der Waals surface area (Å²) in [6.07, 6.45) is 1.67. The maximum Gasteiger partial charge on any atom is 0.226 e. The molecular weight excluding hydrogens is 266 g/mol. The topological polar surface area (TPSA) is 53.1 Å². The Morgan fingerprint density at radius 1 is 1.24 bits per heavy atom. The number of nitrogens with zero attached hydrogens (tertiary/aromatic N) is 3. The van der Waals surface area contributed by atoms with Gasteiger partial charge in [0.15, 0.2) is 0 Å². The molecule has 2 heterocycles. The fourth-order valence-electron chi connectivity index (χ4n) is 2.26. The highest BCUT2D eigenvalue weighted by molar-refractivity contribution is 5.55. The van der Waals surface area contributed by atoms with Gasteiger partial charge in [0.1, 0.15) is 17.7 Å². The van der Waals surface area contributed by atoms with Crippen molar-refractivity contribution in [3.8, 4) is 17.2 Å². The van der Waals surface area contributed by atoms with Crippen molar-refractivity contribution in [2.45, 2.75) is 20.4 Å². The number of methoxy groups -OCH3 is 1. The van der Waals surface area contributed by atoms with E-state index in [0.717, 1.165) is 28.4 Å². The lowest BCUT2D eigenvalue weighted by Gasteiger charge is -2.01. The number of oxazole rings is 1. The second-order valence-corrected chi connectivity index (χ2v) is 4.96. The maximum absolute atomic E-state index is 5.56. The molecule has 0 saturated carbocycles. The van der Waals surface area contributed by atoms with Crippen LogP contribution in [0.3, 0.4) is 0 Å². The molecule has 0 amide bonds. The van der Waals surface area contributed by atoms with Crippen LogP contribution in [0.1, 0.15) is 17.1 Å². The van der Waals surface area contributed by atoms with Crippen molar-refractivity contribution >= 4 is 0 Å². The monoisotopic (exact) mass is 283 g/mol. The Kier molecular flexibility index (Phi) is 3.48. The minimum atomic E-state index is 0.588. The summed E-state index contributed by atoms with van der Waals surface area (Å²) in [7, 11) is 1.64. The molecule has 0 bridgehead atoms. The molecule has 0 aliphatic rings. The van der Waals surface area contributed by atoms with E-state index in [0.29, 0.717) is 12.4 Å². The zero-order chi connectivity index (χ0) is 14.8. The van der Waals surface area contributed by atoms with Gasteiger partial charge in [-0.05, 0) is 38.1 Å². The maximum atomic E-state index is 5.56. The van der Waals surface area contributed by atoms with Crippen LogP contribution in [-0.4, -0.2) is 21.9 Å². The molecule has 21 heavy (non-hydrogen) atoms. The Morgan fingerprint density at radius 3 is 2.81 bits per heavy atom. The van der Waals surface area contributed by atoms with Gasteiger partial charge in [-0.15, -0.1) is 0 Å². The fourth-order valence-corrected chi connectivity index (χ4v) is 2.26. The van der Waals surface area contributed by atoms with Crippen LogP contribution in [0, 0.1) is 13.8 Å². The molecule has 2 aromatic heterocycles. The molecule has 0 spiro atoms. The predicted molar refractivity (Wildman–Crippen MR) is 79.3 cm³/mol. The number of benzene rings is 1. The van der Waals surface area contributed by atoms with Crippen LogP contribution in [-0.2, 0) is 6.54 Å². The van der Waals surface area contributed by atoms with Gasteiger partial charge in [0.2, 0.25) is 5.89 Å². The van der Waals surface area contributed by atoms with Gasteiger partial charge in [-0.2, -0.15) is 5.10 Å². The van der Waals surface area contributed by atoms with Crippen molar-refractivity contribution in [3.05, 3.63) is 53.7 Å². The summed E-state index contributed by atoms with van der Waals surface area (Å²) in [6, 6.07) is 9.70. The third-order valence-electron chi connectivity index (χ3n) is 3.28. The van der Waals surface area contributed by atoms with Crippen molar-refractivity contribution in [3.63, 3.8) is 0 Å². The SMILES string of the molecule is COc1cccc(-c2nc(Cn3nc(C)cc3C)co2)c1. The van der Waals surface area contributed by atoms with E-state index in [-0.39, 0.29) is 0 Å². The van der Waals surface area contributed by atoms with Gasteiger partial charge >= 0.3 is 0 Å². The summed E-state index contributed by atoms with van der Waals surface area (Å²) in [5.41, 5.74) is 3.86. The van der Waals surface area contributed by atoms with Gasteiger partial charge in [-0.3, -0.25) is 4.68 Å². The number of hydrogen-bond donors (Lipinski definition) is 0. The predicted octanol–water partition coefficient (Wildman–Crippen LogP) is 3.21. The molecule has 0 saturated heterocycles. The molecule has 0 unspecified atom stereocenters. The fraction of sp³-hybridized carbons (Fsp3) is 0.250. The summed E-state index contributed by atoms with van der Waals surface area (Å²) >= 11 is 0. The minimum Gasteiger partial charge on any atom is -0.497 e. The summed E-state index contributed by atoms with van der Waals surface area (Å²) in [4.78, 5) is 4.52. The third kappa shape index (κ3) is 2.81. The summed E-state index contributed by atoms with van der Waals surface area (Å²) in [5.74, 6) is 1.37. The average Bonchev–Trinajstić information content (AvgIpc) is 3.06. The first-order valence-electron chi connectivity index (χ1n) is 6.75. The van der Waals surface area contributed by atoms with Crippen LogP contribution in [0.25, 0.3) is 11.5 Å². The summed E-state index contributed by atoms with van der Waals surface area (Å²) in [5, 5.41) is 4.43. The Balaban J connectivity index is 1.84. The quantitative estimate of drug-likeness (QED) is 0.737. The normalized spacial score (nSPS) is 10.8. The van der Waals surface area contributed by atoms with Crippen LogP contribution in [0.5, 0.6) is 5.75 Å². The van der Waals surface area contributed by atoms with E-state index in [1.54, 1.807) is 13.4 Å². The standard InChI is InChI=1S/C16H17N3O2/c1-11-7-12(2)19(18-11)9-14-10-21-16(17-14)13-5-4-6-15(8-13)20-3/h4-8,10H,9H2,1-3H3. The first-order chi connectivity index (χ1) is 10.2. The lowest BCUT2D eigenvalue weighted by molar-refractivity contribution is 0.414. The van der Waals surface area contributed by atoms with Crippen molar-refractivity contribution < 1.29 is 9.15 Å². The summed E-state index contributed by atoms with van der Waals surface area (Å²) < 4.78 is 12.7. The zero-order valence-electron chi connectivity index (χ0n) is 12.3. The number of aromatic nitrogens is 3. The van der Waals surface area contributed by atoms with Crippen LogP contribution in [0.15, 0.2) is 41.0 Å². The van der Waals surface area contributed by atoms with Gasteiger partial charge in [-0.1, -0.05) is 6.07 Å². The highest BCUT2D eigenvalue weighted by Gasteiger charge is 2.09. The van der Waals surface area contributed by atoms with Gasteiger partial charge in [-0.25, -0.2) is 4.98 Å². The first kappa shape index (κ1) is 13.4. The zero-order valence-corrected chi connectivity index (χ0v) is 12.3. The second kappa shape index (κ2) is 5.44. The van der Waals surface area contributed by atoms with E-state index >= 15 is 0 Å². The molecule has 0 radical (unpaired) electrons. The minimum absolute atomic E-state index is 0.588. The lowest BCUT2D eigenvalue weighted by atomic mass is 10.2. The largest absolute Gasteiger partial charge is 0.497 e. The van der Waals surface area contributed by atoms with Crippen molar-refractivity contribution in [1.29, 1.82) is 0 Å². The van der Waals surface area contributed by atoms with E-state index in [1.807, 2.05) is 48.9 Å².